The van der Waals surface area contributed by atoms with E-state index in [1.54, 1.807) is 6.07 Å². The van der Waals surface area contributed by atoms with E-state index >= 15 is 0 Å². The Balaban J connectivity index is 3.43. The van der Waals surface area contributed by atoms with E-state index in [1.165, 1.54) is 6.07 Å². The summed E-state index contributed by atoms with van der Waals surface area (Å²) in [6, 6.07) is 3.14. The summed E-state index contributed by atoms with van der Waals surface area (Å²) in [7, 11) is 0. The second-order valence-electron chi connectivity index (χ2n) is 4.40. The number of anilines is 1. The van der Waals surface area contributed by atoms with Gasteiger partial charge in [0.1, 0.15) is 5.69 Å². The van der Waals surface area contributed by atoms with Gasteiger partial charge < -0.3 is 5.73 Å². The second kappa shape index (κ2) is 3.70. The van der Waals surface area contributed by atoms with Gasteiger partial charge in [0.05, 0.1) is 9.95 Å². The van der Waals surface area contributed by atoms with Crippen molar-refractivity contribution in [2.24, 2.45) is 0 Å². The van der Waals surface area contributed by atoms with Gasteiger partial charge in [0, 0.05) is 6.07 Å². The number of nitrogen functional groups attached to an aromatic ring is 1. The van der Waals surface area contributed by atoms with Crippen molar-refractivity contribution in [2.45, 2.75) is 26.2 Å². The van der Waals surface area contributed by atoms with E-state index in [2.05, 4.69) is 0 Å². The van der Waals surface area contributed by atoms with Gasteiger partial charge in [-0.2, -0.15) is 0 Å². The third-order valence-corrected chi connectivity index (χ3v) is 2.48. The topological polar surface area (TPSA) is 69.2 Å². The Hall–Kier alpha value is -1.29. The van der Waals surface area contributed by atoms with Gasteiger partial charge in [0.15, 0.2) is 0 Å². The normalized spacial score (nSPS) is 11.5. The molecule has 0 fully saturated rings. The van der Waals surface area contributed by atoms with Crippen molar-refractivity contribution in [3.8, 4) is 0 Å². The summed E-state index contributed by atoms with van der Waals surface area (Å²) in [5.74, 6) is 0. The molecule has 0 aromatic heterocycles. The molecule has 0 atom stereocenters. The lowest BCUT2D eigenvalue weighted by Gasteiger charge is -2.19. The number of nitro groups is 1. The molecule has 0 spiro atoms. The predicted octanol–water partition coefficient (Wildman–Crippen LogP) is 3.13. The highest BCUT2D eigenvalue weighted by atomic mass is 35.5. The molecule has 0 unspecified atom stereocenters. The number of nitrogens with two attached hydrogens (primary N) is 1. The first kappa shape index (κ1) is 11.8. The van der Waals surface area contributed by atoms with Gasteiger partial charge in [-0.05, 0) is 17.0 Å². The molecule has 82 valence electrons. The summed E-state index contributed by atoms with van der Waals surface area (Å²) >= 11 is 5.84. The molecule has 0 amide bonds. The highest BCUT2D eigenvalue weighted by Crippen LogP contribution is 2.35. The van der Waals surface area contributed by atoms with Crippen LogP contribution in [0.15, 0.2) is 12.1 Å². The van der Waals surface area contributed by atoms with Crippen LogP contribution in [0.25, 0.3) is 0 Å². The maximum absolute atomic E-state index is 10.7. The largest absolute Gasteiger partial charge is 0.392 e. The Morgan fingerprint density at radius 3 is 2.33 bits per heavy atom. The first-order valence-corrected chi connectivity index (χ1v) is 4.85. The van der Waals surface area contributed by atoms with Gasteiger partial charge in [-0.1, -0.05) is 32.4 Å². The molecule has 0 aliphatic rings. The van der Waals surface area contributed by atoms with Crippen molar-refractivity contribution in [1.82, 2.24) is 0 Å². The van der Waals surface area contributed by atoms with Crippen molar-refractivity contribution in [3.05, 3.63) is 32.8 Å². The molecule has 0 bridgehead atoms. The minimum atomic E-state index is -0.517. The molecule has 1 aromatic rings. The third-order valence-electron chi connectivity index (χ3n) is 2.17. The van der Waals surface area contributed by atoms with Crippen molar-refractivity contribution >= 4 is 23.0 Å². The Morgan fingerprint density at radius 1 is 1.40 bits per heavy atom. The number of hydrogen-bond donors (Lipinski definition) is 1. The van der Waals surface area contributed by atoms with Gasteiger partial charge >= 0.3 is 0 Å². The third kappa shape index (κ3) is 2.39. The van der Waals surface area contributed by atoms with Crippen LogP contribution in [-0.4, -0.2) is 4.92 Å². The number of hydrogen-bond acceptors (Lipinski definition) is 3. The number of nitro benzene ring substituents is 1. The summed E-state index contributed by atoms with van der Waals surface area (Å²) in [6.07, 6.45) is 0. The maximum Gasteiger partial charge on any atom is 0.293 e. The van der Waals surface area contributed by atoms with E-state index in [-0.39, 0.29) is 21.8 Å². The molecule has 4 nitrogen and oxygen atoms in total. The molecule has 5 heteroatoms. The lowest BCUT2D eigenvalue weighted by atomic mass is 9.86. The van der Waals surface area contributed by atoms with Crippen LogP contribution in [-0.2, 0) is 5.41 Å². The highest BCUT2D eigenvalue weighted by molar-refractivity contribution is 6.33. The van der Waals surface area contributed by atoms with Crippen molar-refractivity contribution in [1.29, 1.82) is 0 Å². The summed E-state index contributed by atoms with van der Waals surface area (Å²) in [5, 5.41) is 11.0. The van der Waals surface area contributed by atoms with Crippen LogP contribution < -0.4 is 5.73 Å². The van der Waals surface area contributed by atoms with Gasteiger partial charge in [0.2, 0.25) is 0 Å². The first-order valence-electron chi connectivity index (χ1n) is 4.47. The smallest absolute Gasteiger partial charge is 0.293 e. The fourth-order valence-corrected chi connectivity index (χ4v) is 1.40. The van der Waals surface area contributed by atoms with Crippen LogP contribution in [0.1, 0.15) is 26.3 Å². The molecule has 0 aliphatic heterocycles. The average molecular weight is 229 g/mol. The van der Waals surface area contributed by atoms with Crippen LogP contribution in [0, 0.1) is 10.1 Å². The molecule has 15 heavy (non-hydrogen) atoms. The summed E-state index contributed by atoms with van der Waals surface area (Å²) in [6.45, 7) is 5.87. The van der Waals surface area contributed by atoms with Crippen LogP contribution in [0.5, 0.6) is 0 Å². The van der Waals surface area contributed by atoms with Gasteiger partial charge in [-0.15, -0.1) is 0 Å². The average Bonchev–Trinajstić information content (AvgIpc) is 2.06. The zero-order chi connectivity index (χ0) is 11.8. The summed E-state index contributed by atoms with van der Waals surface area (Å²) < 4.78 is 0. The number of benzene rings is 1. The quantitative estimate of drug-likeness (QED) is 0.456. The Labute approximate surface area is 93.2 Å². The van der Waals surface area contributed by atoms with Crippen molar-refractivity contribution < 1.29 is 4.92 Å². The fourth-order valence-electron chi connectivity index (χ4n) is 1.19. The van der Waals surface area contributed by atoms with Crippen LogP contribution in [0.3, 0.4) is 0 Å². The van der Waals surface area contributed by atoms with Crippen molar-refractivity contribution in [2.75, 3.05) is 5.73 Å². The minimum absolute atomic E-state index is 0.0228. The molecule has 0 radical (unpaired) electrons. The fraction of sp³-hybridized carbons (Fsp3) is 0.400. The van der Waals surface area contributed by atoms with Crippen LogP contribution >= 0.6 is 11.6 Å². The van der Waals surface area contributed by atoms with E-state index < -0.39 is 4.92 Å². The summed E-state index contributed by atoms with van der Waals surface area (Å²) in [5.41, 5.74) is 6.02. The zero-order valence-electron chi connectivity index (χ0n) is 8.87. The molecule has 1 aromatic carbocycles. The van der Waals surface area contributed by atoms with E-state index in [1.807, 2.05) is 20.8 Å². The SMILES string of the molecule is CC(C)(C)c1cc(Cl)c(N)c([N+](=O)[O-])c1. The van der Waals surface area contributed by atoms with E-state index in [9.17, 15) is 10.1 Å². The molecule has 0 heterocycles. The molecule has 0 saturated heterocycles. The molecular formula is C10H13ClN2O2. The van der Waals surface area contributed by atoms with Gasteiger partial charge in [-0.25, -0.2) is 0 Å². The number of rotatable bonds is 1. The lowest BCUT2D eigenvalue weighted by molar-refractivity contribution is -0.384. The van der Waals surface area contributed by atoms with Gasteiger partial charge in [-0.3, -0.25) is 10.1 Å². The monoisotopic (exact) mass is 228 g/mol. The molecular weight excluding hydrogens is 216 g/mol. The Kier molecular flexibility index (Phi) is 2.90. The van der Waals surface area contributed by atoms with E-state index in [0.29, 0.717) is 0 Å². The van der Waals surface area contributed by atoms with Gasteiger partial charge in [0.25, 0.3) is 5.69 Å². The summed E-state index contributed by atoms with van der Waals surface area (Å²) in [4.78, 5) is 10.2. The van der Waals surface area contributed by atoms with Crippen LogP contribution in [0.4, 0.5) is 11.4 Å². The molecule has 2 N–H and O–H groups in total. The molecule has 0 saturated carbocycles. The highest BCUT2D eigenvalue weighted by Gasteiger charge is 2.22. The number of halogens is 1. The molecule has 1 rings (SSSR count). The Bertz CT molecular complexity index is 411. The van der Waals surface area contributed by atoms with Crippen LogP contribution in [0.2, 0.25) is 5.02 Å². The maximum atomic E-state index is 10.7. The first-order chi connectivity index (χ1) is 6.73. The van der Waals surface area contributed by atoms with Crippen molar-refractivity contribution in [3.63, 3.8) is 0 Å². The standard InChI is InChI=1S/C10H13ClN2O2/c1-10(2,3)6-4-7(11)9(12)8(5-6)13(14)15/h4-5H,12H2,1-3H3. The number of nitrogens with zero attached hydrogens (tertiary/aromatic N) is 1. The van der Waals surface area contributed by atoms with E-state index in [4.69, 9.17) is 17.3 Å². The molecule has 0 aliphatic carbocycles. The Morgan fingerprint density at radius 2 is 1.93 bits per heavy atom. The predicted molar refractivity (Wildman–Crippen MR) is 61.2 cm³/mol. The second-order valence-corrected chi connectivity index (χ2v) is 4.81. The zero-order valence-corrected chi connectivity index (χ0v) is 9.63. The lowest BCUT2D eigenvalue weighted by Crippen LogP contribution is -2.12. The minimum Gasteiger partial charge on any atom is -0.392 e. The van der Waals surface area contributed by atoms with E-state index in [0.717, 1.165) is 5.56 Å².